The SMILES string of the molecule is CSCC(NC(=O)OCC(C)C)C(=O)N(C)C#N. The zero-order chi connectivity index (χ0) is 14.1. The Kier molecular flexibility index (Phi) is 7.96. The molecule has 0 aromatic carbocycles. The van der Waals surface area contributed by atoms with Crippen molar-refractivity contribution in [2.45, 2.75) is 19.9 Å². The molecule has 0 bridgehead atoms. The van der Waals surface area contributed by atoms with Crippen LogP contribution in [0.2, 0.25) is 0 Å². The van der Waals surface area contributed by atoms with Gasteiger partial charge in [-0.3, -0.25) is 9.69 Å². The third kappa shape index (κ3) is 6.35. The molecule has 0 aromatic heterocycles. The topological polar surface area (TPSA) is 82.4 Å². The molecule has 7 heteroatoms. The van der Waals surface area contributed by atoms with E-state index in [9.17, 15) is 9.59 Å². The molecule has 0 aliphatic carbocycles. The molecule has 0 fully saturated rings. The maximum Gasteiger partial charge on any atom is 0.407 e. The van der Waals surface area contributed by atoms with Gasteiger partial charge < -0.3 is 10.1 Å². The van der Waals surface area contributed by atoms with E-state index in [1.54, 1.807) is 6.19 Å². The lowest BCUT2D eigenvalue weighted by molar-refractivity contribution is -0.128. The maximum absolute atomic E-state index is 11.8. The van der Waals surface area contributed by atoms with Crippen LogP contribution in [0.5, 0.6) is 0 Å². The van der Waals surface area contributed by atoms with E-state index in [0.29, 0.717) is 12.4 Å². The van der Waals surface area contributed by atoms with Crippen LogP contribution in [0.1, 0.15) is 13.8 Å². The number of nitriles is 1. The van der Waals surface area contributed by atoms with Crippen molar-refractivity contribution in [3.05, 3.63) is 0 Å². The Morgan fingerprint density at radius 1 is 1.50 bits per heavy atom. The minimum Gasteiger partial charge on any atom is -0.449 e. The van der Waals surface area contributed by atoms with Gasteiger partial charge in [-0.25, -0.2) is 4.79 Å². The van der Waals surface area contributed by atoms with Gasteiger partial charge in [0.05, 0.1) is 6.61 Å². The Bertz CT molecular complexity index is 328. The molecule has 0 aliphatic heterocycles. The van der Waals surface area contributed by atoms with Gasteiger partial charge in [0.1, 0.15) is 6.04 Å². The van der Waals surface area contributed by atoms with E-state index in [1.165, 1.54) is 18.8 Å². The molecule has 0 heterocycles. The molecule has 0 spiro atoms. The predicted octanol–water partition coefficient (Wildman–Crippen LogP) is 1.04. The molecule has 1 unspecified atom stereocenters. The van der Waals surface area contributed by atoms with Crippen LogP contribution in [0.25, 0.3) is 0 Å². The van der Waals surface area contributed by atoms with Crippen molar-refractivity contribution in [3.8, 4) is 6.19 Å². The Morgan fingerprint density at radius 2 is 2.11 bits per heavy atom. The number of amides is 2. The predicted molar refractivity (Wildman–Crippen MR) is 69.9 cm³/mol. The third-order valence-corrected chi connectivity index (χ3v) is 2.62. The highest BCUT2D eigenvalue weighted by molar-refractivity contribution is 7.98. The third-order valence-electron chi connectivity index (χ3n) is 1.95. The van der Waals surface area contributed by atoms with Crippen LogP contribution in [0.15, 0.2) is 0 Å². The number of thioether (sulfide) groups is 1. The molecule has 0 aliphatic rings. The molecule has 2 amide bonds. The van der Waals surface area contributed by atoms with Gasteiger partial charge in [-0.05, 0) is 12.2 Å². The number of nitrogens with zero attached hydrogens (tertiary/aromatic N) is 2. The fraction of sp³-hybridized carbons (Fsp3) is 0.727. The number of carbonyl (C=O) groups excluding carboxylic acids is 2. The van der Waals surface area contributed by atoms with Crippen molar-refractivity contribution in [2.75, 3.05) is 25.7 Å². The van der Waals surface area contributed by atoms with Crippen LogP contribution in [0, 0.1) is 17.4 Å². The number of nitrogens with one attached hydrogen (secondary N) is 1. The first-order chi connectivity index (χ1) is 8.42. The summed E-state index contributed by atoms with van der Waals surface area (Å²) in [6.45, 7) is 4.13. The Balaban J connectivity index is 4.40. The van der Waals surface area contributed by atoms with E-state index >= 15 is 0 Å². The Hall–Kier alpha value is -1.42. The molecule has 18 heavy (non-hydrogen) atoms. The molecule has 1 atom stereocenters. The van der Waals surface area contributed by atoms with Crippen molar-refractivity contribution in [1.82, 2.24) is 10.2 Å². The molecule has 0 aromatic rings. The normalized spacial score (nSPS) is 11.6. The van der Waals surface area contributed by atoms with Crippen molar-refractivity contribution >= 4 is 23.8 Å². The van der Waals surface area contributed by atoms with Crippen molar-refractivity contribution in [1.29, 1.82) is 5.26 Å². The average molecular weight is 273 g/mol. The summed E-state index contributed by atoms with van der Waals surface area (Å²) in [5, 5.41) is 11.1. The van der Waals surface area contributed by atoms with Gasteiger partial charge in [0.2, 0.25) is 0 Å². The average Bonchev–Trinajstić information content (AvgIpc) is 2.33. The summed E-state index contributed by atoms with van der Waals surface area (Å²) in [6.07, 6.45) is 2.89. The van der Waals surface area contributed by atoms with Crippen LogP contribution in [-0.2, 0) is 9.53 Å². The van der Waals surface area contributed by atoms with Crippen LogP contribution < -0.4 is 5.32 Å². The second kappa shape index (κ2) is 8.64. The number of rotatable bonds is 6. The highest BCUT2D eigenvalue weighted by Gasteiger charge is 2.24. The first-order valence-corrected chi connectivity index (χ1v) is 6.91. The summed E-state index contributed by atoms with van der Waals surface area (Å²) < 4.78 is 4.93. The minimum absolute atomic E-state index is 0.229. The number of carbonyl (C=O) groups is 2. The number of ether oxygens (including phenoxy) is 1. The second-order valence-electron chi connectivity index (χ2n) is 4.14. The van der Waals surface area contributed by atoms with Crippen molar-refractivity contribution < 1.29 is 14.3 Å². The van der Waals surface area contributed by atoms with E-state index < -0.39 is 18.0 Å². The maximum atomic E-state index is 11.8. The van der Waals surface area contributed by atoms with Crippen molar-refractivity contribution in [2.24, 2.45) is 5.92 Å². The van der Waals surface area contributed by atoms with Gasteiger partial charge in [0.15, 0.2) is 6.19 Å². The van der Waals surface area contributed by atoms with Crippen LogP contribution in [0.4, 0.5) is 4.79 Å². The van der Waals surface area contributed by atoms with E-state index in [2.05, 4.69) is 5.32 Å². The standard InChI is InChI=1S/C11H19N3O3S/c1-8(2)5-17-11(16)13-9(6-18-4)10(15)14(3)7-12/h8-9H,5-6H2,1-4H3,(H,13,16). The molecule has 6 nitrogen and oxygen atoms in total. The number of alkyl carbamates (subject to hydrolysis) is 1. The molecule has 0 saturated carbocycles. The molecule has 102 valence electrons. The molecule has 0 radical (unpaired) electrons. The summed E-state index contributed by atoms with van der Waals surface area (Å²) in [7, 11) is 1.36. The van der Waals surface area contributed by atoms with Gasteiger partial charge in [-0.1, -0.05) is 13.8 Å². The van der Waals surface area contributed by atoms with Gasteiger partial charge in [0, 0.05) is 12.8 Å². The van der Waals surface area contributed by atoms with E-state index in [4.69, 9.17) is 10.00 Å². The Morgan fingerprint density at radius 3 is 2.56 bits per heavy atom. The summed E-state index contributed by atoms with van der Waals surface area (Å²) >= 11 is 1.41. The summed E-state index contributed by atoms with van der Waals surface area (Å²) in [6, 6.07) is -0.746. The zero-order valence-electron chi connectivity index (χ0n) is 11.1. The van der Waals surface area contributed by atoms with Crippen LogP contribution in [0.3, 0.4) is 0 Å². The fourth-order valence-electron chi connectivity index (χ4n) is 1.05. The monoisotopic (exact) mass is 273 g/mol. The Labute approximate surface area is 112 Å². The minimum atomic E-state index is -0.746. The van der Waals surface area contributed by atoms with Gasteiger partial charge in [0.25, 0.3) is 5.91 Å². The molecular formula is C11H19N3O3S. The lowest BCUT2D eigenvalue weighted by Crippen LogP contribution is -2.48. The van der Waals surface area contributed by atoms with Gasteiger partial charge >= 0.3 is 6.09 Å². The quantitative estimate of drug-likeness (QED) is 0.577. The fourth-order valence-corrected chi connectivity index (χ4v) is 1.61. The lowest BCUT2D eigenvalue weighted by Gasteiger charge is -2.19. The second-order valence-corrected chi connectivity index (χ2v) is 5.05. The van der Waals surface area contributed by atoms with Gasteiger partial charge in [-0.15, -0.1) is 0 Å². The zero-order valence-corrected chi connectivity index (χ0v) is 11.9. The van der Waals surface area contributed by atoms with E-state index in [1.807, 2.05) is 20.1 Å². The first kappa shape index (κ1) is 16.6. The van der Waals surface area contributed by atoms with E-state index in [0.717, 1.165) is 4.90 Å². The highest BCUT2D eigenvalue weighted by Crippen LogP contribution is 2.02. The largest absolute Gasteiger partial charge is 0.449 e. The molecule has 0 rings (SSSR count). The lowest BCUT2D eigenvalue weighted by atomic mass is 10.2. The smallest absolute Gasteiger partial charge is 0.407 e. The summed E-state index contributed by atoms with van der Waals surface area (Å²) in [5.74, 6) is 0.169. The van der Waals surface area contributed by atoms with Crippen LogP contribution in [-0.4, -0.2) is 48.6 Å². The van der Waals surface area contributed by atoms with Crippen molar-refractivity contribution in [3.63, 3.8) is 0 Å². The molecule has 0 saturated heterocycles. The number of likely N-dealkylation sites (N-methyl/N-ethyl adjacent to an activating group) is 1. The highest BCUT2D eigenvalue weighted by atomic mass is 32.2. The number of hydrogen-bond acceptors (Lipinski definition) is 5. The number of hydrogen-bond donors (Lipinski definition) is 1. The summed E-state index contributed by atoms with van der Waals surface area (Å²) in [4.78, 5) is 24.1. The molecular weight excluding hydrogens is 254 g/mol. The molecule has 1 N–H and O–H groups in total. The van der Waals surface area contributed by atoms with Crippen LogP contribution >= 0.6 is 11.8 Å². The summed E-state index contributed by atoms with van der Waals surface area (Å²) in [5.41, 5.74) is 0. The first-order valence-electron chi connectivity index (χ1n) is 5.51. The van der Waals surface area contributed by atoms with E-state index in [-0.39, 0.29) is 5.92 Å². The van der Waals surface area contributed by atoms with Gasteiger partial charge in [-0.2, -0.15) is 17.0 Å².